The SMILES string of the molecule is COc1ccc(NC(=O)N2CCNC(C)C2C)cc1. The summed E-state index contributed by atoms with van der Waals surface area (Å²) in [5, 5.41) is 6.27. The lowest BCUT2D eigenvalue weighted by molar-refractivity contribution is 0.156. The van der Waals surface area contributed by atoms with E-state index in [2.05, 4.69) is 24.5 Å². The van der Waals surface area contributed by atoms with Crippen molar-refractivity contribution in [3.05, 3.63) is 24.3 Å². The average Bonchev–Trinajstić information content (AvgIpc) is 2.42. The summed E-state index contributed by atoms with van der Waals surface area (Å²) in [7, 11) is 1.62. The van der Waals surface area contributed by atoms with E-state index in [-0.39, 0.29) is 12.1 Å². The molecule has 1 aliphatic heterocycles. The number of nitrogens with zero attached hydrogens (tertiary/aromatic N) is 1. The number of rotatable bonds is 2. The number of benzene rings is 1. The van der Waals surface area contributed by atoms with Gasteiger partial charge in [0.1, 0.15) is 5.75 Å². The van der Waals surface area contributed by atoms with Crippen molar-refractivity contribution in [3.63, 3.8) is 0 Å². The second-order valence-corrected chi connectivity index (χ2v) is 4.84. The third kappa shape index (κ3) is 3.17. The van der Waals surface area contributed by atoms with Crippen LogP contribution in [0.5, 0.6) is 5.75 Å². The van der Waals surface area contributed by atoms with Gasteiger partial charge in [0, 0.05) is 30.9 Å². The van der Waals surface area contributed by atoms with Gasteiger partial charge in [0.15, 0.2) is 0 Å². The van der Waals surface area contributed by atoms with Crippen LogP contribution < -0.4 is 15.4 Å². The Kier molecular flexibility index (Phi) is 4.27. The van der Waals surface area contributed by atoms with Gasteiger partial charge >= 0.3 is 6.03 Å². The third-order valence-corrected chi connectivity index (χ3v) is 3.64. The molecule has 5 heteroatoms. The molecule has 1 aromatic carbocycles. The van der Waals surface area contributed by atoms with Gasteiger partial charge < -0.3 is 20.3 Å². The van der Waals surface area contributed by atoms with E-state index < -0.39 is 0 Å². The zero-order chi connectivity index (χ0) is 13.8. The molecule has 0 spiro atoms. The molecule has 19 heavy (non-hydrogen) atoms. The van der Waals surface area contributed by atoms with E-state index in [1.54, 1.807) is 7.11 Å². The summed E-state index contributed by atoms with van der Waals surface area (Å²) in [6.07, 6.45) is 0. The fourth-order valence-corrected chi connectivity index (χ4v) is 2.21. The topological polar surface area (TPSA) is 53.6 Å². The van der Waals surface area contributed by atoms with E-state index in [4.69, 9.17) is 4.74 Å². The van der Waals surface area contributed by atoms with Crippen LogP contribution in [0.2, 0.25) is 0 Å². The van der Waals surface area contributed by atoms with Crippen molar-refractivity contribution in [3.8, 4) is 5.75 Å². The first-order valence-electron chi connectivity index (χ1n) is 6.57. The van der Waals surface area contributed by atoms with E-state index in [1.165, 1.54) is 0 Å². The standard InChI is InChI=1S/C14H21N3O2/c1-10-11(2)17(9-8-15-10)14(18)16-12-4-6-13(19-3)7-5-12/h4-7,10-11,15H,8-9H2,1-3H3,(H,16,18). The van der Waals surface area contributed by atoms with Gasteiger partial charge in [-0.25, -0.2) is 4.79 Å². The fraction of sp³-hybridized carbons (Fsp3) is 0.500. The van der Waals surface area contributed by atoms with Crippen LogP contribution in [-0.2, 0) is 0 Å². The zero-order valence-electron chi connectivity index (χ0n) is 11.6. The summed E-state index contributed by atoms with van der Waals surface area (Å²) in [4.78, 5) is 14.1. The lowest BCUT2D eigenvalue weighted by atomic mass is 10.1. The second kappa shape index (κ2) is 5.93. The van der Waals surface area contributed by atoms with Gasteiger partial charge in [-0.3, -0.25) is 0 Å². The number of piperazine rings is 1. The summed E-state index contributed by atoms with van der Waals surface area (Å²) in [5.41, 5.74) is 0.782. The van der Waals surface area contributed by atoms with E-state index in [9.17, 15) is 4.79 Å². The Morgan fingerprint density at radius 3 is 2.68 bits per heavy atom. The lowest BCUT2D eigenvalue weighted by Crippen LogP contribution is -2.58. The van der Waals surface area contributed by atoms with E-state index >= 15 is 0 Å². The Morgan fingerprint density at radius 2 is 2.05 bits per heavy atom. The Balaban J connectivity index is 1.99. The second-order valence-electron chi connectivity index (χ2n) is 4.84. The molecule has 5 nitrogen and oxygen atoms in total. The molecule has 104 valence electrons. The average molecular weight is 263 g/mol. The van der Waals surface area contributed by atoms with Crippen LogP contribution in [0.1, 0.15) is 13.8 Å². The first kappa shape index (κ1) is 13.7. The van der Waals surface area contributed by atoms with Gasteiger partial charge in [-0.1, -0.05) is 0 Å². The van der Waals surface area contributed by atoms with Crippen molar-refractivity contribution in [2.75, 3.05) is 25.5 Å². The maximum Gasteiger partial charge on any atom is 0.322 e. The van der Waals surface area contributed by atoms with Gasteiger partial charge in [0.25, 0.3) is 0 Å². The number of carbonyl (C=O) groups excluding carboxylic acids is 1. The Labute approximate surface area is 113 Å². The maximum absolute atomic E-state index is 12.2. The molecule has 2 amide bonds. The number of amides is 2. The molecule has 0 saturated carbocycles. The maximum atomic E-state index is 12.2. The fourth-order valence-electron chi connectivity index (χ4n) is 2.21. The number of methoxy groups -OCH3 is 1. The van der Waals surface area contributed by atoms with Gasteiger partial charge in [0.05, 0.1) is 7.11 Å². The number of hydrogen-bond donors (Lipinski definition) is 2. The van der Waals surface area contributed by atoms with Crippen molar-refractivity contribution < 1.29 is 9.53 Å². The van der Waals surface area contributed by atoms with Crippen molar-refractivity contribution >= 4 is 11.7 Å². The van der Waals surface area contributed by atoms with Gasteiger partial charge in [-0.15, -0.1) is 0 Å². The van der Waals surface area contributed by atoms with Gasteiger partial charge in [0.2, 0.25) is 0 Å². The minimum atomic E-state index is -0.0500. The van der Waals surface area contributed by atoms with Crippen LogP contribution in [0, 0.1) is 0 Å². The monoisotopic (exact) mass is 263 g/mol. The molecule has 0 radical (unpaired) electrons. The van der Waals surface area contributed by atoms with Crippen LogP contribution >= 0.6 is 0 Å². The largest absolute Gasteiger partial charge is 0.497 e. The van der Waals surface area contributed by atoms with Crippen molar-refractivity contribution in [1.29, 1.82) is 0 Å². The summed E-state index contributed by atoms with van der Waals surface area (Å²) in [6.45, 7) is 5.72. The number of ether oxygens (including phenoxy) is 1. The number of hydrogen-bond acceptors (Lipinski definition) is 3. The molecule has 1 aromatic rings. The Bertz CT molecular complexity index is 433. The number of carbonyl (C=O) groups is 1. The summed E-state index contributed by atoms with van der Waals surface area (Å²) < 4.78 is 5.09. The van der Waals surface area contributed by atoms with Crippen LogP contribution in [0.25, 0.3) is 0 Å². The molecule has 1 heterocycles. The molecule has 2 N–H and O–H groups in total. The minimum absolute atomic E-state index is 0.0500. The van der Waals surface area contributed by atoms with E-state index in [0.717, 1.165) is 24.5 Å². The summed E-state index contributed by atoms with van der Waals surface area (Å²) >= 11 is 0. The molecule has 2 atom stereocenters. The van der Waals surface area contributed by atoms with Crippen LogP contribution in [0.3, 0.4) is 0 Å². The normalized spacial score (nSPS) is 23.0. The Morgan fingerprint density at radius 1 is 1.37 bits per heavy atom. The first-order valence-corrected chi connectivity index (χ1v) is 6.57. The molecular formula is C14H21N3O2. The zero-order valence-corrected chi connectivity index (χ0v) is 11.6. The highest BCUT2D eigenvalue weighted by molar-refractivity contribution is 5.89. The molecule has 1 fully saturated rings. The number of urea groups is 1. The molecule has 0 aromatic heterocycles. The molecule has 1 aliphatic rings. The molecule has 2 rings (SSSR count). The quantitative estimate of drug-likeness (QED) is 0.857. The van der Waals surface area contributed by atoms with Gasteiger partial charge in [-0.2, -0.15) is 0 Å². The molecule has 2 unspecified atom stereocenters. The third-order valence-electron chi connectivity index (χ3n) is 3.64. The number of nitrogens with one attached hydrogen (secondary N) is 2. The number of anilines is 1. The van der Waals surface area contributed by atoms with Crippen LogP contribution in [-0.4, -0.2) is 43.2 Å². The predicted octanol–water partition coefficient (Wildman–Crippen LogP) is 1.91. The first-order chi connectivity index (χ1) is 9.11. The lowest BCUT2D eigenvalue weighted by Gasteiger charge is -2.38. The van der Waals surface area contributed by atoms with E-state index in [1.807, 2.05) is 29.2 Å². The highest BCUT2D eigenvalue weighted by Gasteiger charge is 2.27. The Hall–Kier alpha value is -1.75. The molecule has 0 aliphatic carbocycles. The molecular weight excluding hydrogens is 242 g/mol. The summed E-state index contributed by atoms with van der Waals surface area (Å²) in [6, 6.07) is 7.80. The van der Waals surface area contributed by atoms with Gasteiger partial charge in [-0.05, 0) is 38.1 Å². The molecule has 0 bridgehead atoms. The molecule has 1 saturated heterocycles. The smallest absolute Gasteiger partial charge is 0.322 e. The van der Waals surface area contributed by atoms with E-state index in [0.29, 0.717) is 6.04 Å². The van der Waals surface area contributed by atoms with Crippen molar-refractivity contribution in [2.45, 2.75) is 25.9 Å². The minimum Gasteiger partial charge on any atom is -0.497 e. The van der Waals surface area contributed by atoms with Crippen LogP contribution in [0.15, 0.2) is 24.3 Å². The predicted molar refractivity (Wildman–Crippen MR) is 75.6 cm³/mol. The summed E-state index contributed by atoms with van der Waals surface area (Å²) in [5.74, 6) is 0.780. The van der Waals surface area contributed by atoms with Crippen molar-refractivity contribution in [1.82, 2.24) is 10.2 Å². The van der Waals surface area contributed by atoms with Crippen molar-refractivity contribution in [2.24, 2.45) is 0 Å². The highest BCUT2D eigenvalue weighted by Crippen LogP contribution is 2.17. The highest BCUT2D eigenvalue weighted by atomic mass is 16.5. The van der Waals surface area contributed by atoms with Crippen LogP contribution in [0.4, 0.5) is 10.5 Å².